The SMILES string of the molecule is ClCCOCCNc1nc(C2CC2)ns1. The lowest BCUT2D eigenvalue weighted by Gasteiger charge is -2.01. The van der Waals surface area contributed by atoms with E-state index < -0.39 is 0 Å². The van der Waals surface area contributed by atoms with Crippen LogP contribution in [-0.2, 0) is 4.74 Å². The molecule has 1 N–H and O–H groups in total. The summed E-state index contributed by atoms with van der Waals surface area (Å²) in [6.07, 6.45) is 2.49. The van der Waals surface area contributed by atoms with Gasteiger partial charge in [0.2, 0.25) is 5.13 Å². The standard InChI is InChI=1S/C9H14ClN3OS/c10-3-5-14-6-4-11-9-12-8(13-15-9)7-1-2-7/h7H,1-6H2,(H,11,12,13). The first kappa shape index (κ1) is 11.1. The van der Waals surface area contributed by atoms with Gasteiger partial charge in [-0.15, -0.1) is 11.6 Å². The summed E-state index contributed by atoms with van der Waals surface area (Å²) in [7, 11) is 0. The lowest BCUT2D eigenvalue weighted by Crippen LogP contribution is -2.10. The van der Waals surface area contributed by atoms with Crippen LogP contribution in [0.1, 0.15) is 24.6 Å². The van der Waals surface area contributed by atoms with Gasteiger partial charge >= 0.3 is 0 Å². The number of rotatable bonds is 7. The molecule has 1 saturated carbocycles. The van der Waals surface area contributed by atoms with Gasteiger partial charge in [0.15, 0.2) is 0 Å². The van der Waals surface area contributed by atoms with Crippen LogP contribution in [0.2, 0.25) is 0 Å². The third-order valence-corrected chi connectivity index (χ3v) is 2.97. The van der Waals surface area contributed by atoms with Gasteiger partial charge in [-0.25, -0.2) is 4.98 Å². The fourth-order valence-electron chi connectivity index (χ4n) is 1.20. The molecule has 4 nitrogen and oxygen atoms in total. The quantitative estimate of drug-likeness (QED) is 0.592. The lowest BCUT2D eigenvalue weighted by atomic mass is 10.4. The molecule has 0 radical (unpaired) electrons. The summed E-state index contributed by atoms with van der Waals surface area (Å²) in [4.78, 5) is 4.40. The van der Waals surface area contributed by atoms with Crippen LogP contribution in [0.4, 0.5) is 5.13 Å². The van der Waals surface area contributed by atoms with E-state index in [2.05, 4.69) is 14.7 Å². The minimum atomic E-state index is 0.546. The molecule has 0 bridgehead atoms. The van der Waals surface area contributed by atoms with E-state index in [1.54, 1.807) is 0 Å². The molecule has 0 spiro atoms. The highest BCUT2D eigenvalue weighted by atomic mass is 35.5. The number of hydrogen-bond acceptors (Lipinski definition) is 5. The Balaban J connectivity index is 1.64. The van der Waals surface area contributed by atoms with Gasteiger partial charge in [-0.1, -0.05) is 0 Å². The maximum Gasteiger partial charge on any atom is 0.202 e. The summed E-state index contributed by atoms with van der Waals surface area (Å²) < 4.78 is 9.53. The molecule has 1 aliphatic carbocycles. The highest BCUT2D eigenvalue weighted by Crippen LogP contribution is 2.39. The van der Waals surface area contributed by atoms with Gasteiger partial charge in [0, 0.05) is 29.9 Å². The fourth-order valence-corrected chi connectivity index (χ4v) is 1.98. The van der Waals surface area contributed by atoms with E-state index >= 15 is 0 Å². The predicted octanol–water partition coefficient (Wildman–Crippen LogP) is 2.08. The fraction of sp³-hybridized carbons (Fsp3) is 0.778. The molecule has 0 saturated heterocycles. The Kier molecular flexibility index (Phi) is 4.17. The monoisotopic (exact) mass is 247 g/mol. The van der Waals surface area contributed by atoms with Crippen molar-refractivity contribution >= 4 is 28.3 Å². The number of ether oxygens (including phenoxy) is 1. The Hall–Kier alpha value is -0.390. The van der Waals surface area contributed by atoms with Crippen LogP contribution in [-0.4, -0.2) is 35.0 Å². The van der Waals surface area contributed by atoms with E-state index in [1.807, 2.05) is 0 Å². The van der Waals surface area contributed by atoms with Crippen molar-refractivity contribution in [3.05, 3.63) is 5.82 Å². The Morgan fingerprint density at radius 1 is 1.47 bits per heavy atom. The van der Waals surface area contributed by atoms with E-state index in [0.29, 0.717) is 25.0 Å². The van der Waals surface area contributed by atoms with Crippen molar-refractivity contribution in [1.82, 2.24) is 9.36 Å². The van der Waals surface area contributed by atoms with Crippen molar-refractivity contribution in [1.29, 1.82) is 0 Å². The molecule has 84 valence electrons. The molecule has 6 heteroatoms. The zero-order valence-corrected chi connectivity index (χ0v) is 9.98. The van der Waals surface area contributed by atoms with Gasteiger partial charge in [0.25, 0.3) is 0 Å². The van der Waals surface area contributed by atoms with Crippen molar-refractivity contribution in [2.24, 2.45) is 0 Å². The van der Waals surface area contributed by atoms with Crippen molar-refractivity contribution in [2.75, 3.05) is 31.0 Å². The van der Waals surface area contributed by atoms with Crippen LogP contribution >= 0.6 is 23.1 Å². The second kappa shape index (κ2) is 5.63. The van der Waals surface area contributed by atoms with Gasteiger partial charge in [0.05, 0.1) is 13.2 Å². The summed E-state index contributed by atoms with van der Waals surface area (Å²) in [5.74, 6) is 2.18. The number of alkyl halides is 1. The Morgan fingerprint density at radius 2 is 2.33 bits per heavy atom. The first-order chi connectivity index (χ1) is 7.40. The Morgan fingerprint density at radius 3 is 3.07 bits per heavy atom. The van der Waals surface area contributed by atoms with Crippen molar-refractivity contribution in [3.63, 3.8) is 0 Å². The van der Waals surface area contributed by atoms with E-state index in [-0.39, 0.29) is 0 Å². The van der Waals surface area contributed by atoms with E-state index in [0.717, 1.165) is 17.5 Å². The molecule has 1 aromatic heterocycles. The van der Waals surface area contributed by atoms with Crippen LogP contribution < -0.4 is 5.32 Å². The highest BCUT2D eigenvalue weighted by molar-refractivity contribution is 7.09. The highest BCUT2D eigenvalue weighted by Gasteiger charge is 2.27. The maximum atomic E-state index is 5.48. The summed E-state index contributed by atoms with van der Waals surface area (Å²) in [6, 6.07) is 0. The smallest absolute Gasteiger partial charge is 0.202 e. The number of nitrogens with one attached hydrogen (secondary N) is 1. The minimum absolute atomic E-state index is 0.546. The van der Waals surface area contributed by atoms with E-state index in [4.69, 9.17) is 16.3 Å². The molecule has 15 heavy (non-hydrogen) atoms. The van der Waals surface area contributed by atoms with Gasteiger partial charge in [-0.2, -0.15) is 4.37 Å². The molecule has 0 atom stereocenters. The largest absolute Gasteiger partial charge is 0.378 e. The van der Waals surface area contributed by atoms with Crippen molar-refractivity contribution in [2.45, 2.75) is 18.8 Å². The molecule has 1 aliphatic rings. The summed E-state index contributed by atoms with van der Waals surface area (Å²) in [5, 5.41) is 4.08. The van der Waals surface area contributed by atoms with Crippen molar-refractivity contribution < 1.29 is 4.74 Å². The number of hydrogen-bond donors (Lipinski definition) is 1. The predicted molar refractivity (Wildman–Crippen MR) is 61.9 cm³/mol. The maximum absolute atomic E-state index is 5.48. The molecule has 0 amide bonds. The molecular weight excluding hydrogens is 234 g/mol. The topological polar surface area (TPSA) is 47.0 Å². The van der Waals surface area contributed by atoms with Gasteiger partial charge in [-0.05, 0) is 12.8 Å². The summed E-state index contributed by atoms with van der Waals surface area (Å²) in [6.45, 7) is 2.02. The van der Waals surface area contributed by atoms with Crippen LogP contribution in [0.5, 0.6) is 0 Å². The molecule has 1 heterocycles. The normalized spacial score (nSPS) is 15.5. The van der Waals surface area contributed by atoms with Crippen molar-refractivity contribution in [3.8, 4) is 0 Å². The average Bonchev–Trinajstić information content (AvgIpc) is 2.99. The molecule has 0 aromatic carbocycles. The Labute approximate surface area is 98.2 Å². The molecule has 0 aliphatic heterocycles. The van der Waals surface area contributed by atoms with Gasteiger partial charge in [-0.3, -0.25) is 0 Å². The van der Waals surface area contributed by atoms with Crippen LogP contribution in [0.25, 0.3) is 0 Å². The summed E-state index contributed by atoms with van der Waals surface area (Å²) in [5.41, 5.74) is 0. The number of anilines is 1. The summed E-state index contributed by atoms with van der Waals surface area (Å²) >= 11 is 6.90. The molecule has 0 unspecified atom stereocenters. The van der Waals surface area contributed by atoms with Gasteiger partial charge < -0.3 is 10.1 Å². The van der Waals surface area contributed by atoms with Crippen LogP contribution in [0, 0.1) is 0 Å². The second-order valence-corrected chi connectivity index (χ2v) is 4.59. The zero-order chi connectivity index (χ0) is 10.5. The van der Waals surface area contributed by atoms with Gasteiger partial charge in [0.1, 0.15) is 5.82 Å². The Bertz CT molecular complexity index is 303. The van der Waals surface area contributed by atoms with Crippen LogP contribution in [0.15, 0.2) is 0 Å². The first-order valence-corrected chi connectivity index (χ1v) is 6.42. The third-order valence-electron chi connectivity index (χ3n) is 2.13. The average molecular weight is 248 g/mol. The van der Waals surface area contributed by atoms with Crippen LogP contribution in [0.3, 0.4) is 0 Å². The minimum Gasteiger partial charge on any atom is -0.378 e. The number of halogens is 1. The number of nitrogens with zero attached hydrogens (tertiary/aromatic N) is 2. The lowest BCUT2D eigenvalue weighted by molar-refractivity contribution is 0.160. The third kappa shape index (κ3) is 3.59. The molecule has 2 rings (SSSR count). The molecular formula is C9H14ClN3OS. The molecule has 1 aromatic rings. The van der Waals surface area contributed by atoms with E-state index in [1.165, 1.54) is 24.4 Å². The molecule has 1 fully saturated rings. The zero-order valence-electron chi connectivity index (χ0n) is 8.41. The number of aromatic nitrogens is 2. The first-order valence-electron chi connectivity index (χ1n) is 5.11. The second-order valence-electron chi connectivity index (χ2n) is 3.46. The van der Waals surface area contributed by atoms with E-state index in [9.17, 15) is 0 Å².